The zero-order valence-corrected chi connectivity index (χ0v) is 17.5. The third kappa shape index (κ3) is 5.41. The van der Waals surface area contributed by atoms with Gasteiger partial charge in [0.15, 0.2) is 0 Å². The van der Waals surface area contributed by atoms with Crippen LogP contribution < -0.4 is 10.1 Å². The van der Waals surface area contributed by atoms with Gasteiger partial charge in [-0.15, -0.1) is 0 Å². The molecular formula is C19H23BrN2O2S. The molecule has 134 valence electrons. The molecule has 0 saturated heterocycles. The van der Waals surface area contributed by atoms with Crippen LogP contribution in [0, 0.1) is 6.92 Å². The molecule has 0 aromatic heterocycles. The molecule has 0 heterocycles. The van der Waals surface area contributed by atoms with Gasteiger partial charge in [-0.05, 0) is 68.3 Å². The fraction of sp³-hybridized carbons (Fsp3) is 0.368. The van der Waals surface area contributed by atoms with Gasteiger partial charge in [-0.3, -0.25) is 0 Å². The summed E-state index contributed by atoms with van der Waals surface area (Å²) in [4.78, 5) is 5.34. The van der Waals surface area contributed by atoms with Crippen LogP contribution in [0.4, 0.5) is 0 Å². The van der Waals surface area contributed by atoms with E-state index in [1.165, 1.54) is 18.1 Å². The number of hydrogen-bond acceptors (Lipinski definition) is 4. The molecule has 0 spiro atoms. The Balaban J connectivity index is 2.14. The van der Waals surface area contributed by atoms with E-state index in [1.807, 2.05) is 39.0 Å². The lowest BCUT2D eigenvalue weighted by molar-refractivity contribution is 0.212. The van der Waals surface area contributed by atoms with Crippen LogP contribution in [0.1, 0.15) is 26.3 Å². The molecule has 0 aliphatic carbocycles. The molecule has 0 radical (unpaired) electrons. The van der Waals surface area contributed by atoms with Crippen molar-refractivity contribution in [3.8, 4) is 5.75 Å². The standard InChI is InChI=1S/C19H23BrN2O2S/c1-12-8-16(10-14-9-15(20)6-7-17(12)14)24-13(2)18(25)22-19(3,4)11-21-23-5/h6-11,13H,1-5H3,(H,22,25). The first-order chi connectivity index (χ1) is 11.7. The van der Waals surface area contributed by atoms with Crippen molar-refractivity contribution in [3.63, 3.8) is 0 Å². The smallest absolute Gasteiger partial charge is 0.146 e. The maximum Gasteiger partial charge on any atom is 0.146 e. The Kier molecular flexibility index (Phi) is 6.41. The van der Waals surface area contributed by atoms with E-state index in [4.69, 9.17) is 21.8 Å². The minimum atomic E-state index is -0.422. The summed E-state index contributed by atoms with van der Waals surface area (Å²) in [5.74, 6) is 0.795. The first kappa shape index (κ1) is 19.7. The highest BCUT2D eigenvalue weighted by atomic mass is 79.9. The second-order valence-electron chi connectivity index (χ2n) is 6.49. The number of halogens is 1. The van der Waals surface area contributed by atoms with Crippen molar-refractivity contribution >= 4 is 50.1 Å². The van der Waals surface area contributed by atoms with Crippen molar-refractivity contribution in [3.05, 3.63) is 40.4 Å². The summed E-state index contributed by atoms with van der Waals surface area (Å²) >= 11 is 8.99. The predicted molar refractivity (Wildman–Crippen MR) is 112 cm³/mol. The summed E-state index contributed by atoms with van der Waals surface area (Å²) in [6.07, 6.45) is 1.40. The lowest BCUT2D eigenvalue weighted by atomic mass is 10.1. The molecule has 2 aromatic rings. The third-order valence-corrected chi connectivity index (χ3v) is 4.63. The summed E-state index contributed by atoms with van der Waals surface area (Å²) in [5, 5.41) is 9.38. The summed E-state index contributed by atoms with van der Waals surface area (Å²) in [7, 11) is 1.51. The van der Waals surface area contributed by atoms with Gasteiger partial charge in [-0.2, -0.15) is 0 Å². The lowest BCUT2D eigenvalue weighted by Gasteiger charge is -2.26. The SMILES string of the molecule is CON=CC(C)(C)NC(=S)C(C)Oc1cc(C)c2ccc(Br)cc2c1. The highest BCUT2D eigenvalue weighted by Crippen LogP contribution is 2.28. The second-order valence-corrected chi connectivity index (χ2v) is 7.85. The Hall–Kier alpha value is -1.66. The number of nitrogens with one attached hydrogen (secondary N) is 1. The first-order valence-electron chi connectivity index (χ1n) is 7.98. The summed E-state index contributed by atoms with van der Waals surface area (Å²) in [6.45, 7) is 7.94. The minimum absolute atomic E-state index is 0.269. The fourth-order valence-electron chi connectivity index (χ4n) is 2.46. The quantitative estimate of drug-likeness (QED) is 0.403. The van der Waals surface area contributed by atoms with Crippen LogP contribution >= 0.6 is 28.1 Å². The van der Waals surface area contributed by atoms with Gasteiger partial charge in [0, 0.05) is 4.47 Å². The molecule has 0 amide bonds. The molecule has 4 nitrogen and oxygen atoms in total. The molecule has 1 N–H and O–H groups in total. The molecule has 0 bridgehead atoms. The fourth-order valence-corrected chi connectivity index (χ4v) is 3.15. The third-order valence-electron chi connectivity index (χ3n) is 3.70. The molecule has 2 rings (SSSR count). The van der Waals surface area contributed by atoms with Gasteiger partial charge in [-0.1, -0.05) is 39.4 Å². The number of rotatable bonds is 6. The Bertz CT molecular complexity index is 805. The van der Waals surface area contributed by atoms with Crippen molar-refractivity contribution in [1.82, 2.24) is 5.32 Å². The van der Waals surface area contributed by atoms with Gasteiger partial charge in [0.25, 0.3) is 0 Å². The van der Waals surface area contributed by atoms with Crippen LogP contribution in [0.25, 0.3) is 10.8 Å². The van der Waals surface area contributed by atoms with E-state index in [0.717, 1.165) is 15.6 Å². The number of ether oxygens (including phenoxy) is 1. The first-order valence-corrected chi connectivity index (χ1v) is 9.18. The van der Waals surface area contributed by atoms with Crippen molar-refractivity contribution in [1.29, 1.82) is 0 Å². The van der Waals surface area contributed by atoms with E-state index in [-0.39, 0.29) is 6.10 Å². The summed E-state index contributed by atoms with van der Waals surface area (Å²) < 4.78 is 7.10. The summed E-state index contributed by atoms with van der Waals surface area (Å²) in [6, 6.07) is 10.3. The van der Waals surface area contributed by atoms with Crippen LogP contribution in [0.3, 0.4) is 0 Å². The number of aryl methyl sites for hydroxylation is 1. The normalized spacial score (nSPS) is 13.0. The van der Waals surface area contributed by atoms with E-state index in [9.17, 15) is 0 Å². The molecule has 0 fully saturated rings. The average Bonchev–Trinajstić information content (AvgIpc) is 2.52. The molecule has 25 heavy (non-hydrogen) atoms. The highest BCUT2D eigenvalue weighted by molar-refractivity contribution is 9.10. The molecule has 0 aliphatic heterocycles. The van der Waals surface area contributed by atoms with E-state index >= 15 is 0 Å². The zero-order chi connectivity index (χ0) is 18.6. The van der Waals surface area contributed by atoms with Gasteiger partial charge < -0.3 is 14.9 Å². The molecule has 1 atom stereocenters. The van der Waals surface area contributed by atoms with Gasteiger partial charge in [0.2, 0.25) is 0 Å². The number of thiocarbonyl (C=S) groups is 1. The topological polar surface area (TPSA) is 42.8 Å². The van der Waals surface area contributed by atoms with Crippen LogP contribution in [0.2, 0.25) is 0 Å². The molecule has 0 saturated carbocycles. The van der Waals surface area contributed by atoms with Crippen molar-refractivity contribution in [2.24, 2.45) is 5.16 Å². The van der Waals surface area contributed by atoms with Crippen LogP contribution in [0.15, 0.2) is 40.0 Å². The Morgan fingerprint density at radius 1 is 1.32 bits per heavy atom. The monoisotopic (exact) mass is 422 g/mol. The number of benzene rings is 2. The average molecular weight is 423 g/mol. The van der Waals surface area contributed by atoms with Crippen molar-refractivity contribution in [2.45, 2.75) is 39.3 Å². The molecule has 2 aromatic carbocycles. The molecular weight excluding hydrogens is 400 g/mol. The largest absolute Gasteiger partial charge is 0.484 e. The maximum atomic E-state index is 6.06. The van der Waals surface area contributed by atoms with E-state index in [0.29, 0.717) is 4.99 Å². The number of fused-ring (bicyclic) bond motifs is 1. The van der Waals surface area contributed by atoms with Gasteiger partial charge in [-0.25, -0.2) is 0 Å². The number of hydrogen-bond donors (Lipinski definition) is 1. The summed E-state index contributed by atoms with van der Waals surface area (Å²) in [5.41, 5.74) is 0.744. The van der Waals surface area contributed by atoms with E-state index < -0.39 is 5.54 Å². The molecule has 1 unspecified atom stereocenters. The maximum absolute atomic E-state index is 6.06. The van der Waals surface area contributed by atoms with Gasteiger partial charge in [0.1, 0.15) is 24.0 Å². The van der Waals surface area contributed by atoms with E-state index in [2.05, 4.69) is 45.5 Å². The van der Waals surface area contributed by atoms with Gasteiger partial charge >= 0.3 is 0 Å². The second kappa shape index (κ2) is 8.15. The zero-order valence-electron chi connectivity index (χ0n) is 15.1. The Morgan fingerprint density at radius 3 is 2.72 bits per heavy atom. The molecule has 0 aliphatic rings. The van der Waals surface area contributed by atoms with Crippen molar-refractivity contribution < 1.29 is 9.57 Å². The van der Waals surface area contributed by atoms with Crippen LogP contribution in [0.5, 0.6) is 5.75 Å². The lowest BCUT2D eigenvalue weighted by Crippen LogP contribution is -2.48. The Labute approximate surface area is 162 Å². The van der Waals surface area contributed by atoms with Crippen molar-refractivity contribution in [2.75, 3.05) is 7.11 Å². The van der Waals surface area contributed by atoms with E-state index in [1.54, 1.807) is 6.21 Å². The predicted octanol–water partition coefficient (Wildman–Crippen LogP) is 5.01. The van der Waals surface area contributed by atoms with Gasteiger partial charge in [0.05, 0.1) is 11.8 Å². The molecule has 6 heteroatoms. The number of nitrogens with zero attached hydrogens (tertiary/aromatic N) is 1. The highest BCUT2D eigenvalue weighted by Gasteiger charge is 2.20. The number of oxime groups is 1. The Morgan fingerprint density at radius 2 is 2.04 bits per heavy atom. The van der Waals surface area contributed by atoms with Crippen LogP contribution in [-0.2, 0) is 4.84 Å². The minimum Gasteiger partial charge on any atom is -0.484 e. The van der Waals surface area contributed by atoms with Crippen LogP contribution in [-0.4, -0.2) is 30.0 Å².